The molecule has 170 valence electrons. The van der Waals surface area contributed by atoms with Crippen LogP contribution < -0.4 is 10.1 Å². The van der Waals surface area contributed by atoms with Gasteiger partial charge < -0.3 is 19.9 Å². The van der Waals surface area contributed by atoms with Gasteiger partial charge in [-0.2, -0.15) is 0 Å². The number of rotatable bonds is 9. The molecule has 32 heavy (non-hydrogen) atoms. The maximum atomic E-state index is 12.7. The second-order valence-electron chi connectivity index (χ2n) is 8.73. The van der Waals surface area contributed by atoms with Gasteiger partial charge in [-0.1, -0.05) is 12.1 Å². The maximum Gasteiger partial charge on any atom is 0.260 e. The summed E-state index contributed by atoms with van der Waals surface area (Å²) in [5.74, 6) is 0.773. The molecule has 2 aliphatic rings. The number of nitrogens with one attached hydrogen (secondary N) is 1. The molecule has 1 aliphatic carbocycles. The Morgan fingerprint density at radius 2 is 1.94 bits per heavy atom. The molecule has 2 heterocycles. The zero-order valence-electron chi connectivity index (χ0n) is 18.7. The molecule has 1 saturated heterocycles. The number of hydrogen-bond donors (Lipinski definition) is 1. The predicted octanol–water partition coefficient (Wildman–Crippen LogP) is 2.97. The Labute approximate surface area is 189 Å². The van der Waals surface area contributed by atoms with Gasteiger partial charge in [-0.15, -0.1) is 0 Å². The number of likely N-dealkylation sites (N-methyl/N-ethyl adjacent to an activating group) is 1. The van der Waals surface area contributed by atoms with Gasteiger partial charge in [0.2, 0.25) is 5.91 Å². The minimum absolute atomic E-state index is 0.00356. The third kappa shape index (κ3) is 6.29. The lowest BCUT2D eigenvalue weighted by Gasteiger charge is -2.36. The summed E-state index contributed by atoms with van der Waals surface area (Å²) in [7, 11) is 1.87. The molecule has 0 unspecified atom stereocenters. The number of nitrogens with zero attached hydrogens (tertiary/aromatic N) is 3. The fourth-order valence-electron chi connectivity index (χ4n) is 4.05. The van der Waals surface area contributed by atoms with Crippen molar-refractivity contribution in [2.75, 3.05) is 38.6 Å². The molecule has 1 saturated carbocycles. The van der Waals surface area contributed by atoms with Crippen molar-refractivity contribution < 1.29 is 14.3 Å². The smallest absolute Gasteiger partial charge is 0.260 e. The van der Waals surface area contributed by atoms with Gasteiger partial charge in [0.05, 0.1) is 0 Å². The summed E-state index contributed by atoms with van der Waals surface area (Å²) in [5, 5.41) is 2.91. The van der Waals surface area contributed by atoms with Gasteiger partial charge in [0, 0.05) is 68.7 Å². The summed E-state index contributed by atoms with van der Waals surface area (Å²) in [6.07, 6.45) is 6.65. The summed E-state index contributed by atoms with van der Waals surface area (Å²) in [4.78, 5) is 33.3. The van der Waals surface area contributed by atoms with Crippen LogP contribution in [-0.2, 0) is 16.0 Å². The lowest BCUT2D eigenvalue weighted by atomic mass is 10.0. The molecule has 1 N–H and O–H groups in total. The third-order valence-electron chi connectivity index (χ3n) is 6.32. The SMILES string of the molecule is CN(C(=O)COc1cccc(NC(=O)C2CC2)c1)C1CCN(CCc2ccccn2)CC1. The lowest BCUT2D eigenvalue weighted by molar-refractivity contribution is -0.135. The number of anilines is 1. The molecule has 1 aliphatic heterocycles. The van der Waals surface area contributed by atoms with E-state index in [-0.39, 0.29) is 30.4 Å². The number of benzene rings is 1. The molecule has 1 aromatic carbocycles. The molecule has 7 heteroatoms. The van der Waals surface area contributed by atoms with Crippen LogP contribution in [0.25, 0.3) is 0 Å². The Morgan fingerprint density at radius 1 is 1.12 bits per heavy atom. The molecule has 7 nitrogen and oxygen atoms in total. The molecule has 0 bridgehead atoms. The zero-order chi connectivity index (χ0) is 22.3. The Kier molecular flexibility index (Phi) is 7.37. The summed E-state index contributed by atoms with van der Waals surface area (Å²) >= 11 is 0. The number of carbonyl (C=O) groups is 2. The van der Waals surface area contributed by atoms with E-state index in [9.17, 15) is 9.59 Å². The summed E-state index contributed by atoms with van der Waals surface area (Å²) in [6, 6.07) is 13.5. The topological polar surface area (TPSA) is 74.8 Å². The first-order valence-electron chi connectivity index (χ1n) is 11.5. The molecule has 1 aromatic heterocycles. The van der Waals surface area contributed by atoms with Crippen LogP contribution in [0.2, 0.25) is 0 Å². The largest absolute Gasteiger partial charge is 0.484 e. The quantitative estimate of drug-likeness (QED) is 0.654. The van der Waals surface area contributed by atoms with Crippen LogP contribution in [0.1, 0.15) is 31.4 Å². The van der Waals surface area contributed by atoms with Gasteiger partial charge in [0.1, 0.15) is 5.75 Å². The second-order valence-corrected chi connectivity index (χ2v) is 8.73. The highest BCUT2D eigenvalue weighted by Gasteiger charge is 2.29. The summed E-state index contributed by atoms with van der Waals surface area (Å²) in [6.45, 7) is 2.96. The van der Waals surface area contributed by atoms with E-state index in [0.717, 1.165) is 57.4 Å². The van der Waals surface area contributed by atoms with Gasteiger partial charge in [0.15, 0.2) is 6.61 Å². The molecule has 0 spiro atoms. The Hall–Kier alpha value is -2.93. The second kappa shape index (κ2) is 10.6. The van der Waals surface area contributed by atoms with Crippen LogP contribution in [0.3, 0.4) is 0 Å². The van der Waals surface area contributed by atoms with E-state index < -0.39 is 0 Å². The Balaban J connectivity index is 1.18. The average Bonchev–Trinajstić information content (AvgIpc) is 3.68. The van der Waals surface area contributed by atoms with E-state index in [1.165, 1.54) is 0 Å². The first kappa shape index (κ1) is 22.3. The predicted molar refractivity (Wildman–Crippen MR) is 123 cm³/mol. The van der Waals surface area contributed by atoms with Crippen molar-refractivity contribution >= 4 is 17.5 Å². The molecular formula is C25H32N4O3. The number of hydrogen-bond acceptors (Lipinski definition) is 5. The van der Waals surface area contributed by atoms with Gasteiger partial charge in [-0.3, -0.25) is 14.6 Å². The van der Waals surface area contributed by atoms with Crippen molar-refractivity contribution in [1.82, 2.24) is 14.8 Å². The lowest BCUT2D eigenvalue weighted by Crippen LogP contribution is -2.47. The van der Waals surface area contributed by atoms with Crippen LogP contribution in [0, 0.1) is 5.92 Å². The fourth-order valence-corrected chi connectivity index (χ4v) is 4.05. The number of amides is 2. The van der Waals surface area contributed by atoms with Crippen LogP contribution in [0.5, 0.6) is 5.75 Å². The molecule has 0 radical (unpaired) electrons. The van der Waals surface area contributed by atoms with Crippen molar-refractivity contribution in [3.05, 3.63) is 54.4 Å². The van der Waals surface area contributed by atoms with Crippen LogP contribution in [0.4, 0.5) is 5.69 Å². The molecular weight excluding hydrogens is 404 g/mol. The van der Waals surface area contributed by atoms with Gasteiger partial charge >= 0.3 is 0 Å². The van der Waals surface area contributed by atoms with Gasteiger partial charge in [0.25, 0.3) is 5.91 Å². The van der Waals surface area contributed by atoms with Crippen LogP contribution in [-0.4, -0.2) is 65.9 Å². The standard InChI is InChI=1S/C25H32N4O3/c1-28(22-11-15-29(16-12-22)14-10-20-5-2-3-13-26-20)24(30)18-32-23-7-4-6-21(17-23)27-25(31)19-8-9-19/h2-7,13,17,19,22H,8-12,14-16,18H2,1H3,(H,27,31). The monoisotopic (exact) mass is 436 g/mol. The number of aromatic nitrogens is 1. The van der Waals surface area contributed by atoms with Crippen LogP contribution in [0.15, 0.2) is 48.7 Å². The number of pyridine rings is 1. The number of piperidine rings is 1. The highest BCUT2D eigenvalue weighted by molar-refractivity contribution is 5.94. The first-order valence-corrected chi connectivity index (χ1v) is 11.5. The maximum absolute atomic E-state index is 12.7. The highest BCUT2D eigenvalue weighted by atomic mass is 16.5. The van der Waals surface area contributed by atoms with E-state index in [0.29, 0.717) is 11.4 Å². The summed E-state index contributed by atoms with van der Waals surface area (Å²) < 4.78 is 5.73. The van der Waals surface area contributed by atoms with Crippen molar-refractivity contribution in [2.45, 2.75) is 38.1 Å². The molecule has 2 fully saturated rings. The van der Waals surface area contributed by atoms with Gasteiger partial charge in [-0.25, -0.2) is 0 Å². The van der Waals surface area contributed by atoms with Crippen molar-refractivity contribution in [3.8, 4) is 5.75 Å². The van der Waals surface area contributed by atoms with E-state index in [2.05, 4.69) is 21.3 Å². The average molecular weight is 437 g/mol. The fraction of sp³-hybridized carbons (Fsp3) is 0.480. The zero-order valence-corrected chi connectivity index (χ0v) is 18.7. The molecule has 2 aromatic rings. The number of carbonyl (C=O) groups excluding carboxylic acids is 2. The number of likely N-dealkylation sites (tertiary alicyclic amines) is 1. The molecule has 4 rings (SSSR count). The van der Waals surface area contributed by atoms with Crippen molar-refractivity contribution in [1.29, 1.82) is 0 Å². The normalized spacial score (nSPS) is 17.0. The van der Waals surface area contributed by atoms with E-state index in [1.54, 1.807) is 12.1 Å². The highest BCUT2D eigenvalue weighted by Crippen LogP contribution is 2.30. The number of ether oxygens (including phenoxy) is 1. The Bertz CT molecular complexity index is 908. The third-order valence-corrected chi connectivity index (χ3v) is 6.32. The summed E-state index contributed by atoms with van der Waals surface area (Å²) in [5.41, 5.74) is 1.83. The minimum atomic E-state index is -0.0237. The van der Waals surface area contributed by atoms with Crippen molar-refractivity contribution in [3.63, 3.8) is 0 Å². The van der Waals surface area contributed by atoms with Crippen LogP contribution >= 0.6 is 0 Å². The van der Waals surface area contributed by atoms with Crippen molar-refractivity contribution in [2.24, 2.45) is 5.92 Å². The van der Waals surface area contributed by atoms with Gasteiger partial charge in [-0.05, 0) is 49.9 Å². The van der Waals surface area contributed by atoms with E-state index in [4.69, 9.17) is 4.74 Å². The van der Waals surface area contributed by atoms with E-state index in [1.807, 2.05) is 42.4 Å². The van der Waals surface area contributed by atoms with E-state index >= 15 is 0 Å². The molecule has 0 atom stereocenters. The Morgan fingerprint density at radius 3 is 2.66 bits per heavy atom. The first-order chi connectivity index (χ1) is 15.6. The molecule has 2 amide bonds. The minimum Gasteiger partial charge on any atom is -0.484 e.